The van der Waals surface area contributed by atoms with Crippen molar-refractivity contribution in [2.24, 2.45) is 19.8 Å². The summed E-state index contributed by atoms with van der Waals surface area (Å²) < 4.78 is 2.12. The zero-order valence-electron chi connectivity index (χ0n) is 13.5. The number of nitrogens with zero attached hydrogens (tertiary/aromatic N) is 2. The van der Waals surface area contributed by atoms with Crippen LogP contribution in [0.1, 0.15) is 5.56 Å². The van der Waals surface area contributed by atoms with Crippen LogP contribution in [0.5, 0.6) is 5.75 Å². The number of H-pyrrole nitrogens is 1. The van der Waals surface area contributed by atoms with Gasteiger partial charge in [0.1, 0.15) is 11.4 Å². The fourth-order valence-corrected chi connectivity index (χ4v) is 3.13. The van der Waals surface area contributed by atoms with Gasteiger partial charge < -0.3 is 15.8 Å². The van der Waals surface area contributed by atoms with E-state index in [4.69, 9.17) is 17.3 Å². The highest BCUT2D eigenvalue weighted by Crippen LogP contribution is 2.34. The quantitative estimate of drug-likeness (QED) is 0.609. The molecule has 0 aliphatic carbocycles. The highest BCUT2D eigenvalue weighted by molar-refractivity contribution is 6.34. The van der Waals surface area contributed by atoms with E-state index >= 15 is 0 Å². The maximum absolute atomic E-state index is 12.7. The molecule has 3 aromatic rings. The molecule has 0 aliphatic heterocycles. The molecule has 0 saturated carbocycles. The normalized spacial score (nSPS) is 11.2. The summed E-state index contributed by atoms with van der Waals surface area (Å²) >= 11 is 6.22. The van der Waals surface area contributed by atoms with Gasteiger partial charge in [-0.05, 0) is 18.2 Å². The summed E-state index contributed by atoms with van der Waals surface area (Å²) in [6, 6.07) is 4.19. The number of phenols is 1. The molecule has 9 heteroatoms. The molecule has 25 heavy (non-hydrogen) atoms. The number of fused-ring (bicyclic) bond motifs is 1. The minimum absolute atomic E-state index is 0.0579. The minimum atomic E-state index is -0.580. The molecule has 130 valence electrons. The lowest BCUT2D eigenvalue weighted by atomic mass is 9.97. The van der Waals surface area contributed by atoms with Crippen molar-refractivity contribution in [2.45, 2.75) is 6.54 Å². The molecule has 0 radical (unpaired) electrons. The first-order valence-electron chi connectivity index (χ1n) is 7.31. The fourth-order valence-electron chi connectivity index (χ4n) is 2.86. The van der Waals surface area contributed by atoms with Crippen LogP contribution in [0.15, 0.2) is 32.6 Å². The van der Waals surface area contributed by atoms with Gasteiger partial charge in [-0.25, -0.2) is 4.79 Å². The standard InChI is InChI=1S/C16H15ClN4O4/c1-20-13-12(15(24)21(2)16(20)25)11(9(6-18)14(23)19-13)8-4-3-7(22)5-10(8)17/h3-5,22H,6,18H2,1-2H3,(H,19,23). The van der Waals surface area contributed by atoms with Crippen molar-refractivity contribution in [1.82, 2.24) is 14.1 Å². The summed E-state index contributed by atoms with van der Waals surface area (Å²) in [4.78, 5) is 39.9. The monoisotopic (exact) mass is 362 g/mol. The Kier molecular flexibility index (Phi) is 4.02. The molecular formula is C16H15ClN4O4. The number of pyridine rings is 1. The van der Waals surface area contributed by atoms with Crippen LogP contribution in [0.4, 0.5) is 0 Å². The zero-order chi connectivity index (χ0) is 18.5. The Morgan fingerprint density at radius 2 is 1.88 bits per heavy atom. The number of aromatic hydroxyl groups is 1. The van der Waals surface area contributed by atoms with E-state index in [1.54, 1.807) is 0 Å². The number of aryl methyl sites for hydroxylation is 1. The van der Waals surface area contributed by atoms with Crippen molar-refractivity contribution in [3.63, 3.8) is 0 Å². The fraction of sp³-hybridized carbons (Fsp3) is 0.188. The number of rotatable bonds is 2. The first-order valence-corrected chi connectivity index (χ1v) is 7.69. The lowest BCUT2D eigenvalue weighted by Gasteiger charge is -2.15. The Morgan fingerprint density at radius 3 is 2.48 bits per heavy atom. The number of hydrogen-bond donors (Lipinski definition) is 3. The molecule has 0 unspecified atom stereocenters. The Bertz CT molecular complexity index is 1190. The third-order valence-corrected chi connectivity index (χ3v) is 4.46. The van der Waals surface area contributed by atoms with Gasteiger partial charge in [0, 0.05) is 37.3 Å². The van der Waals surface area contributed by atoms with E-state index < -0.39 is 16.8 Å². The Morgan fingerprint density at radius 1 is 1.20 bits per heavy atom. The molecule has 0 atom stereocenters. The van der Waals surface area contributed by atoms with Crippen LogP contribution in [-0.4, -0.2) is 19.2 Å². The van der Waals surface area contributed by atoms with Gasteiger partial charge in [-0.2, -0.15) is 0 Å². The van der Waals surface area contributed by atoms with Crippen LogP contribution >= 0.6 is 11.6 Å². The summed E-state index contributed by atoms with van der Waals surface area (Å²) in [5, 5.41) is 9.84. The zero-order valence-corrected chi connectivity index (χ0v) is 14.2. The molecule has 2 heterocycles. The van der Waals surface area contributed by atoms with E-state index in [9.17, 15) is 19.5 Å². The third-order valence-electron chi connectivity index (χ3n) is 4.15. The lowest BCUT2D eigenvalue weighted by Crippen LogP contribution is -2.39. The number of nitrogens with two attached hydrogens (primary N) is 1. The number of benzene rings is 1. The molecule has 0 amide bonds. The summed E-state index contributed by atoms with van der Waals surface area (Å²) in [5.74, 6) is -0.0579. The molecule has 1 aromatic carbocycles. The summed E-state index contributed by atoms with van der Waals surface area (Å²) in [6.45, 7) is -0.135. The number of hydrogen-bond acceptors (Lipinski definition) is 5. The molecule has 4 N–H and O–H groups in total. The molecule has 2 aromatic heterocycles. The van der Waals surface area contributed by atoms with Crippen LogP contribution in [0.2, 0.25) is 5.02 Å². The van der Waals surface area contributed by atoms with E-state index in [1.165, 1.54) is 36.9 Å². The van der Waals surface area contributed by atoms with Crippen molar-refractivity contribution >= 4 is 22.6 Å². The van der Waals surface area contributed by atoms with Gasteiger partial charge in [0.05, 0.1) is 10.4 Å². The van der Waals surface area contributed by atoms with Gasteiger partial charge in [0.25, 0.3) is 11.1 Å². The maximum Gasteiger partial charge on any atom is 0.332 e. The molecule has 0 bridgehead atoms. The van der Waals surface area contributed by atoms with Crippen molar-refractivity contribution in [3.8, 4) is 16.9 Å². The first-order chi connectivity index (χ1) is 11.8. The highest BCUT2D eigenvalue weighted by atomic mass is 35.5. The van der Waals surface area contributed by atoms with Crippen molar-refractivity contribution in [2.75, 3.05) is 0 Å². The summed E-state index contributed by atoms with van der Waals surface area (Å²) in [5.41, 5.74) is 4.92. The Labute approximate surface area is 145 Å². The Hall–Kier alpha value is -2.84. The summed E-state index contributed by atoms with van der Waals surface area (Å²) in [6.07, 6.45) is 0. The number of phenolic OH excluding ortho intramolecular Hbond substituents is 1. The summed E-state index contributed by atoms with van der Waals surface area (Å²) in [7, 11) is 2.80. The van der Waals surface area contributed by atoms with Gasteiger partial charge in [-0.3, -0.25) is 18.7 Å². The number of aromatic nitrogens is 3. The third kappa shape index (κ3) is 2.46. The van der Waals surface area contributed by atoms with Gasteiger partial charge in [-0.1, -0.05) is 11.6 Å². The molecular weight excluding hydrogens is 348 g/mol. The highest BCUT2D eigenvalue weighted by Gasteiger charge is 2.21. The molecule has 3 rings (SSSR count). The van der Waals surface area contributed by atoms with Crippen LogP contribution < -0.4 is 22.5 Å². The smallest absolute Gasteiger partial charge is 0.332 e. The van der Waals surface area contributed by atoms with E-state index in [-0.39, 0.29) is 39.5 Å². The van der Waals surface area contributed by atoms with Crippen LogP contribution in [-0.2, 0) is 20.6 Å². The second kappa shape index (κ2) is 5.91. The maximum atomic E-state index is 12.7. The topological polar surface area (TPSA) is 123 Å². The Balaban J connectivity index is 2.68. The predicted octanol–water partition coefficient (Wildman–Crippen LogP) is 0.410. The van der Waals surface area contributed by atoms with E-state index in [1.807, 2.05) is 0 Å². The first kappa shape index (κ1) is 17.0. The van der Waals surface area contributed by atoms with Crippen LogP contribution in [0.3, 0.4) is 0 Å². The van der Waals surface area contributed by atoms with Crippen molar-refractivity contribution in [1.29, 1.82) is 0 Å². The molecule has 8 nitrogen and oxygen atoms in total. The average molecular weight is 363 g/mol. The van der Waals surface area contributed by atoms with Gasteiger partial charge in [-0.15, -0.1) is 0 Å². The molecule has 0 saturated heterocycles. The predicted molar refractivity (Wildman–Crippen MR) is 95.1 cm³/mol. The van der Waals surface area contributed by atoms with E-state index in [0.717, 1.165) is 4.57 Å². The van der Waals surface area contributed by atoms with Gasteiger partial charge in [0.15, 0.2) is 0 Å². The average Bonchev–Trinajstić information content (AvgIpc) is 2.57. The van der Waals surface area contributed by atoms with Crippen LogP contribution in [0, 0.1) is 0 Å². The molecule has 0 spiro atoms. The van der Waals surface area contributed by atoms with E-state index in [2.05, 4.69) is 4.98 Å². The second-order valence-electron chi connectivity index (χ2n) is 5.61. The number of halogens is 1. The largest absolute Gasteiger partial charge is 0.508 e. The molecule has 0 aliphatic rings. The van der Waals surface area contributed by atoms with Crippen molar-refractivity contribution in [3.05, 3.63) is 60.0 Å². The van der Waals surface area contributed by atoms with Crippen molar-refractivity contribution < 1.29 is 5.11 Å². The van der Waals surface area contributed by atoms with Gasteiger partial charge >= 0.3 is 5.69 Å². The minimum Gasteiger partial charge on any atom is -0.508 e. The van der Waals surface area contributed by atoms with E-state index in [0.29, 0.717) is 5.56 Å². The number of nitrogens with one attached hydrogen (secondary N) is 1. The SMILES string of the molecule is Cn1c(=O)c2c(-c3ccc(O)cc3Cl)c(CN)c(=O)[nH]c2n(C)c1=O. The van der Waals surface area contributed by atoms with Crippen LogP contribution in [0.25, 0.3) is 22.2 Å². The second-order valence-corrected chi connectivity index (χ2v) is 6.01. The van der Waals surface area contributed by atoms with Gasteiger partial charge in [0.2, 0.25) is 0 Å². The number of aromatic amines is 1. The lowest BCUT2D eigenvalue weighted by molar-refractivity contribution is 0.475. The molecule has 0 fully saturated rings.